The van der Waals surface area contributed by atoms with Crippen molar-refractivity contribution in [3.05, 3.63) is 65.5 Å². The number of nitrogens with one attached hydrogen (secondary N) is 2. The van der Waals surface area contributed by atoms with Gasteiger partial charge < -0.3 is 14.8 Å². The highest BCUT2D eigenvalue weighted by atomic mass is 32.2. The van der Waals surface area contributed by atoms with Gasteiger partial charge in [-0.15, -0.1) is 10.2 Å². The van der Waals surface area contributed by atoms with Crippen LogP contribution in [0.3, 0.4) is 0 Å². The molecule has 0 bridgehead atoms. The van der Waals surface area contributed by atoms with Crippen LogP contribution < -0.4 is 14.8 Å². The van der Waals surface area contributed by atoms with Crippen LogP contribution in [0, 0.1) is 16.4 Å². The molecular weight excluding hydrogens is 487 g/mol. The average Bonchev–Trinajstić information content (AvgIpc) is 2.75. The Morgan fingerprint density at radius 2 is 1.79 bits per heavy atom. The molecule has 0 saturated carbocycles. The summed E-state index contributed by atoms with van der Waals surface area (Å²) in [6.45, 7) is 0. The van der Waals surface area contributed by atoms with Gasteiger partial charge in [-0.2, -0.15) is 17.6 Å². The highest BCUT2D eigenvalue weighted by Gasteiger charge is 2.35. The molecule has 14 heteroatoms. The van der Waals surface area contributed by atoms with Crippen molar-refractivity contribution in [3.8, 4) is 17.2 Å². The van der Waals surface area contributed by atoms with Crippen molar-refractivity contribution >= 4 is 21.3 Å². The summed E-state index contributed by atoms with van der Waals surface area (Å²) >= 11 is 0. The Morgan fingerprint density at radius 1 is 1.09 bits per heavy atom. The number of carbonyl (C=O) groups is 1. The van der Waals surface area contributed by atoms with Gasteiger partial charge in [0, 0.05) is 22.9 Å². The second kappa shape index (κ2) is 9.21. The van der Waals surface area contributed by atoms with Gasteiger partial charge in [0.15, 0.2) is 28.7 Å². The number of methoxy groups -OCH3 is 1. The number of nitrogens with zero attached hydrogens (tertiary/aromatic N) is 2. The van der Waals surface area contributed by atoms with E-state index < -0.39 is 62.1 Å². The van der Waals surface area contributed by atoms with E-state index in [1.165, 1.54) is 24.3 Å². The number of aromatic nitrogens is 2. The average molecular weight is 502 g/mol. The lowest BCUT2D eigenvalue weighted by Crippen LogP contribution is -2.18. The number of hydrogen-bond donors (Lipinski definition) is 2. The summed E-state index contributed by atoms with van der Waals surface area (Å²) in [4.78, 5) is 12.9. The van der Waals surface area contributed by atoms with Crippen molar-refractivity contribution in [2.45, 2.75) is 11.1 Å². The molecule has 180 valence electrons. The van der Waals surface area contributed by atoms with Crippen molar-refractivity contribution in [2.24, 2.45) is 0 Å². The number of rotatable bonds is 6. The molecule has 0 aliphatic rings. The van der Waals surface area contributed by atoms with Gasteiger partial charge in [-0.05, 0) is 30.3 Å². The third-order valence-electron chi connectivity index (χ3n) is 4.24. The summed E-state index contributed by atoms with van der Waals surface area (Å²) in [5.74, 6) is -5.90. The molecule has 1 amide bonds. The molecule has 2 aromatic carbocycles. The first-order valence-electron chi connectivity index (χ1n) is 9.11. The minimum Gasteiger partial charge on any atom is -0.490 e. The van der Waals surface area contributed by atoms with Gasteiger partial charge in [0.05, 0.1) is 16.8 Å². The predicted molar refractivity (Wildman–Crippen MR) is 109 cm³/mol. The Morgan fingerprint density at radius 3 is 2.41 bits per heavy atom. The third-order valence-corrected chi connectivity index (χ3v) is 5.40. The largest absolute Gasteiger partial charge is 0.490 e. The molecule has 0 spiro atoms. The fourth-order valence-corrected chi connectivity index (χ4v) is 3.35. The molecule has 0 aliphatic carbocycles. The van der Waals surface area contributed by atoms with E-state index in [1.54, 1.807) is 0 Å². The molecule has 1 aromatic heterocycles. The van der Waals surface area contributed by atoms with Crippen LogP contribution in [0.25, 0.3) is 0 Å². The number of halogens is 5. The van der Waals surface area contributed by atoms with Crippen molar-refractivity contribution < 1.29 is 40.4 Å². The van der Waals surface area contributed by atoms with Crippen LogP contribution in [0.5, 0.6) is 17.2 Å². The van der Waals surface area contributed by atoms with Gasteiger partial charge >= 0.3 is 6.18 Å². The van der Waals surface area contributed by atoms with Crippen LogP contribution in [0.1, 0.15) is 16.2 Å². The summed E-state index contributed by atoms with van der Waals surface area (Å²) < 4.78 is 96.6. The maximum absolute atomic E-state index is 14.0. The van der Waals surface area contributed by atoms with E-state index in [0.29, 0.717) is 12.1 Å². The lowest BCUT2D eigenvalue weighted by atomic mass is 10.2. The Bertz CT molecular complexity index is 1360. The summed E-state index contributed by atoms with van der Waals surface area (Å²) in [6.07, 6.45) is -3.79. The highest BCUT2D eigenvalue weighted by molar-refractivity contribution is 7.91. The number of ether oxygens (including phenoxy) is 2. The molecule has 0 fully saturated rings. The summed E-state index contributed by atoms with van der Waals surface area (Å²) in [6, 6.07) is 7.33. The molecule has 34 heavy (non-hydrogen) atoms. The number of alkyl halides is 3. The fourth-order valence-electron chi connectivity index (χ4n) is 2.66. The first kappa shape index (κ1) is 24.8. The van der Waals surface area contributed by atoms with E-state index in [4.69, 9.17) is 14.3 Å². The Hall–Kier alpha value is -3.81. The molecule has 0 radical (unpaired) electrons. The van der Waals surface area contributed by atoms with Gasteiger partial charge in [-0.3, -0.25) is 4.79 Å². The highest BCUT2D eigenvalue weighted by Crippen LogP contribution is 2.38. The molecule has 1 unspecified atom stereocenters. The molecule has 1 heterocycles. The molecule has 0 aliphatic heterocycles. The third kappa shape index (κ3) is 5.39. The van der Waals surface area contributed by atoms with Crippen molar-refractivity contribution in [1.29, 1.82) is 4.78 Å². The minimum atomic E-state index is -4.96. The normalized spacial score (nSPS) is 13.1. The molecule has 0 saturated heterocycles. The standard InChI is InChI=1S/C20H15F5N4O4S/c1-32-18-13(7-6-12(21)16(18)22)33-14-9-15(20(23,24)25)28-29-17(14)19(30)27-10-4-3-5-11(8-10)34(2,26)31/h3-9,26H,1-2H3,(H,27,30). The monoisotopic (exact) mass is 502 g/mol. The van der Waals surface area contributed by atoms with Crippen LogP contribution in [0.2, 0.25) is 0 Å². The molecule has 2 N–H and O–H groups in total. The summed E-state index contributed by atoms with van der Waals surface area (Å²) in [7, 11) is -2.14. The topological polar surface area (TPSA) is 114 Å². The number of carbonyl (C=O) groups excluding carboxylic acids is 1. The van der Waals surface area contributed by atoms with Crippen LogP contribution in [-0.4, -0.2) is 33.7 Å². The van der Waals surface area contributed by atoms with E-state index in [9.17, 15) is 31.0 Å². The lowest BCUT2D eigenvalue weighted by Gasteiger charge is -2.15. The van der Waals surface area contributed by atoms with Gasteiger partial charge in [0.1, 0.15) is 0 Å². The zero-order valence-corrected chi connectivity index (χ0v) is 18.2. The van der Waals surface area contributed by atoms with E-state index in [1.807, 2.05) is 0 Å². The van der Waals surface area contributed by atoms with Crippen LogP contribution in [-0.2, 0) is 15.9 Å². The molecular formula is C20H15F5N4O4S. The molecule has 3 rings (SSSR count). The predicted octanol–water partition coefficient (Wildman–Crippen LogP) is 4.86. The zero-order valence-electron chi connectivity index (χ0n) is 17.4. The van der Waals surface area contributed by atoms with Crippen molar-refractivity contribution in [1.82, 2.24) is 10.2 Å². The van der Waals surface area contributed by atoms with Crippen LogP contribution in [0.4, 0.5) is 27.6 Å². The maximum Gasteiger partial charge on any atom is 0.435 e. The second-order valence-electron chi connectivity index (χ2n) is 6.76. The summed E-state index contributed by atoms with van der Waals surface area (Å²) in [5, 5.41) is 8.61. The fraction of sp³-hybridized carbons (Fsp3) is 0.150. The van der Waals surface area contributed by atoms with E-state index in [0.717, 1.165) is 19.4 Å². The molecule has 1 atom stereocenters. The SMILES string of the molecule is COc1c(Oc2cc(C(F)(F)F)nnc2C(=O)Nc2cccc(S(C)(=N)=O)c2)ccc(F)c1F. The first-order valence-corrected chi connectivity index (χ1v) is 11.1. The Labute approximate surface area is 189 Å². The second-order valence-corrected chi connectivity index (χ2v) is 8.92. The molecule has 8 nitrogen and oxygen atoms in total. The van der Waals surface area contributed by atoms with Gasteiger partial charge in [-0.1, -0.05) is 6.07 Å². The van der Waals surface area contributed by atoms with Crippen LogP contribution >= 0.6 is 0 Å². The van der Waals surface area contributed by atoms with Crippen molar-refractivity contribution in [2.75, 3.05) is 18.7 Å². The smallest absolute Gasteiger partial charge is 0.435 e. The van der Waals surface area contributed by atoms with E-state index in [-0.39, 0.29) is 10.6 Å². The number of benzene rings is 2. The quantitative estimate of drug-likeness (QED) is 0.466. The van der Waals surface area contributed by atoms with E-state index in [2.05, 4.69) is 15.5 Å². The Balaban J connectivity index is 2.05. The summed E-state index contributed by atoms with van der Waals surface area (Å²) in [5.41, 5.74) is -2.18. The lowest BCUT2D eigenvalue weighted by molar-refractivity contribution is -0.141. The van der Waals surface area contributed by atoms with Gasteiger partial charge in [0.2, 0.25) is 11.6 Å². The van der Waals surface area contributed by atoms with Crippen molar-refractivity contribution in [3.63, 3.8) is 0 Å². The number of amides is 1. The van der Waals surface area contributed by atoms with Crippen LogP contribution in [0.15, 0.2) is 47.4 Å². The van der Waals surface area contributed by atoms with Gasteiger partial charge in [0.25, 0.3) is 5.91 Å². The number of anilines is 1. The minimum absolute atomic E-state index is 0.0578. The van der Waals surface area contributed by atoms with E-state index >= 15 is 0 Å². The zero-order chi connectivity index (χ0) is 25.3. The number of hydrogen-bond acceptors (Lipinski definition) is 7. The molecule has 3 aromatic rings. The van der Waals surface area contributed by atoms with Gasteiger partial charge in [-0.25, -0.2) is 13.4 Å². The Kier molecular flexibility index (Phi) is 6.72. The first-order chi connectivity index (χ1) is 15.8. The maximum atomic E-state index is 14.0.